The van der Waals surface area contributed by atoms with E-state index in [4.69, 9.17) is 16.3 Å². The topological polar surface area (TPSA) is 29.5 Å². The van der Waals surface area contributed by atoms with Crippen molar-refractivity contribution in [3.8, 4) is 0 Å². The number of rotatable bonds is 4. The molecule has 2 aromatic rings. The van der Waals surface area contributed by atoms with Crippen LogP contribution in [0.4, 0.5) is 10.1 Å². The summed E-state index contributed by atoms with van der Waals surface area (Å²) in [6, 6.07) is 11.4. The molecule has 0 aliphatic rings. The van der Waals surface area contributed by atoms with E-state index < -0.39 is 5.97 Å². The standard InChI is InChI=1S/C16H15ClFNO2/c1-19(10-11-7-8-12(18)9-14(11)17)15-6-4-3-5-13(15)16(20)21-2/h3-9H,10H2,1-2H3. The molecule has 0 unspecified atom stereocenters. The van der Waals surface area contributed by atoms with Crippen LogP contribution in [0.3, 0.4) is 0 Å². The summed E-state index contributed by atoms with van der Waals surface area (Å²) in [5.41, 5.74) is 1.98. The number of carbonyl (C=O) groups excluding carboxylic acids is 1. The zero-order valence-electron chi connectivity index (χ0n) is 11.8. The van der Waals surface area contributed by atoms with E-state index in [9.17, 15) is 9.18 Å². The first kappa shape index (κ1) is 15.3. The lowest BCUT2D eigenvalue weighted by Gasteiger charge is -2.22. The number of para-hydroxylation sites is 1. The van der Waals surface area contributed by atoms with Gasteiger partial charge in [0.2, 0.25) is 0 Å². The van der Waals surface area contributed by atoms with Gasteiger partial charge in [-0.2, -0.15) is 0 Å². The first-order chi connectivity index (χ1) is 10.0. The highest BCUT2D eigenvalue weighted by atomic mass is 35.5. The van der Waals surface area contributed by atoms with E-state index in [1.165, 1.54) is 19.2 Å². The van der Waals surface area contributed by atoms with Crippen molar-refractivity contribution in [2.24, 2.45) is 0 Å². The maximum Gasteiger partial charge on any atom is 0.339 e. The molecule has 0 aromatic heterocycles. The fourth-order valence-corrected chi connectivity index (χ4v) is 2.31. The minimum Gasteiger partial charge on any atom is -0.465 e. The zero-order valence-corrected chi connectivity index (χ0v) is 12.5. The number of hydrogen-bond acceptors (Lipinski definition) is 3. The van der Waals surface area contributed by atoms with Crippen LogP contribution in [-0.2, 0) is 11.3 Å². The smallest absolute Gasteiger partial charge is 0.339 e. The molecular formula is C16H15ClFNO2. The molecule has 0 aliphatic heterocycles. The van der Waals surface area contributed by atoms with Crippen LogP contribution in [-0.4, -0.2) is 20.1 Å². The Bertz CT molecular complexity index is 660. The van der Waals surface area contributed by atoms with Crippen molar-refractivity contribution in [2.75, 3.05) is 19.1 Å². The van der Waals surface area contributed by atoms with Crippen LogP contribution in [0.5, 0.6) is 0 Å². The van der Waals surface area contributed by atoms with Gasteiger partial charge in [0.1, 0.15) is 5.82 Å². The minimum atomic E-state index is -0.400. The average molecular weight is 308 g/mol. The second-order valence-corrected chi connectivity index (χ2v) is 5.01. The SMILES string of the molecule is COC(=O)c1ccccc1N(C)Cc1ccc(F)cc1Cl. The first-order valence-corrected chi connectivity index (χ1v) is 6.73. The summed E-state index contributed by atoms with van der Waals surface area (Å²) in [4.78, 5) is 13.6. The van der Waals surface area contributed by atoms with E-state index in [1.807, 2.05) is 24.1 Å². The molecule has 2 aromatic carbocycles. The Morgan fingerprint density at radius 1 is 1.29 bits per heavy atom. The van der Waals surface area contributed by atoms with Crippen molar-refractivity contribution in [3.63, 3.8) is 0 Å². The Balaban J connectivity index is 2.28. The van der Waals surface area contributed by atoms with Gasteiger partial charge >= 0.3 is 5.97 Å². The molecule has 5 heteroatoms. The first-order valence-electron chi connectivity index (χ1n) is 6.35. The molecule has 0 aliphatic carbocycles. The molecular weight excluding hydrogens is 293 g/mol. The van der Waals surface area contributed by atoms with Gasteiger partial charge < -0.3 is 9.64 Å². The van der Waals surface area contributed by atoms with E-state index in [2.05, 4.69) is 0 Å². The van der Waals surface area contributed by atoms with Gasteiger partial charge in [0.25, 0.3) is 0 Å². The predicted molar refractivity (Wildman–Crippen MR) is 81.3 cm³/mol. The van der Waals surface area contributed by atoms with Gasteiger partial charge in [-0.3, -0.25) is 0 Å². The third-order valence-electron chi connectivity index (χ3n) is 3.14. The van der Waals surface area contributed by atoms with Gasteiger partial charge in [0.15, 0.2) is 0 Å². The van der Waals surface area contributed by atoms with Crippen molar-refractivity contribution in [3.05, 3.63) is 64.4 Å². The maximum absolute atomic E-state index is 13.1. The van der Waals surface area contributed by atoms with Crippen molar-refractivity contribution in [2.45, 2.75) is 6.54 Å². The molecule has 0 N–H and O–H groups in total. The molecule has 0 fully saturated rings. The number of carbonyl (C=O) groups is 1. The Morgan fingerprint density at radius 2 is 2.00 bits per heavy atom. The number of nitrogens with zero attached hydrogens (tertiary/aromatic N) is 1. The van der Waals surface area contributed by atoms with E-state index in [-0.39, 0.29) is 5.82 Å². The van der Waals surface area contributed by atoms with Crippen LogP contribution in [0.25, 0.3) is 0 Å². The van der Waals surface area contributed by atoms with E-state index in [0.29, 0.717) is 17.1 Å². The monoisotopic (exact) mass is 307 g/mol. The third-order valence-corrected chi connectivity index (χ3v) is 3.50. The maximum atomic E-state index is 13.1. The van der Waals surface area contributed by atoms with Gasteiger partial charge in [0.05, 0.1) is 18.4 Å². The summed E-state index contributed by atoms with van der Waals surface area (Å²) in [5.74, 6) is -0.774. The number of ether oxygens (including phenoxy) is 1. The highest BCUT2D eigenvalue weighted by Crippen LogP contribution is 2.24. The molecule has 0 amide bonds. The van der Waals surface area contributed by atoms with Crippen LogP contribution < -0.4 is 4.90 Å². The summed E-state index contributed by atoms with van der Waals surface area (Å²) in [6.45, 7) is 0.452. The minimum absolute atomic E-state index is 0.359. The molecule has 21 heavy (non-hydrogen) atoms. The lowest BCUT2D eigenvalue weighted by Crippen LogP contribution is -2.20. The Kier molecular flexibility index (Phi) is 4.81. The zero-order chi connectivity index (χ0) is 15.4. The largest absolute Gasteiger partial charge is 0.465 e. The molecule has 0 saturated heterocycles. The van der Waals surface area contributed by atoms with Crippen molar-refractivity contribution in [1.82, 2.24) is 0 Å². The van der Waals surface area contributed by atoms with Gasteiger partial charge in [0, 0.05) is 18.6 Å². The molecule has 110 valence electrons. The van der Waals surface area contributed by atoms with Crippen LogP contribution in [0.2, 0.25) is 5.02 Å². The Morgan fingerprint density at radius 3 is 2.67 bits per heavy atom. The second-order valence-electron chi connectivity index (χ2n) is 4.60. The quantitative estimate of drug-likeness (QED) is 0.802. The van der Waals surface area contributed by atoms with Gasteiger partial charge in [-0.05, 0) is 29.8 Å². The van der Waals surface area contributed by atoms with E-state index in [1.54, 1.807) is 18.2 Å². The van der Waals surface area contributed by atoms with Crippen LogP contribution >= 0.6 is 11.6 Å². The number of esters is 1. The Labute approximate surface area is 127 Å². The van der Waals surface area contributed by atoms with Gasteiger partial charge in [-0.25, -0.2) is 9.18 Å². The predicted octanol–water partition coefficient (Wildman–Crippen LogP) is 3.90. The molecule has 3 nitrogen and oxygen atoms in total. The molecule has 0 spiro atoms. The van der Waals surface area contributed by atoms with Crippen molar-refractivity contribution < 1.29 is 13.9 Å². The second kappa shape index (κ2) is 6.59. The van der Waals surface area contributed by atoms with Crippen LogP contribution in [0.1, 0.15) is 15.9 Å². The summed E-state index contributed by atoms with van der Waals surface area (Å²) in [7, 11) is 3.18. The summed E-state index contributed by atoms with van der Waals surface area (Å²) < 4.78 is 17.8. The van der Waals surface area contributed by atoms with Crippen LogP contribution in [0.15, 0.2) is 42.5 Å². The lowest BCUT2D eigenvalue weighted by molar-refractivity contribution is 0.0601. The van der Waals surface area contributed by atoms with Crippen LogP contribution in [0, 0.1) is 5.82 Å². The fourth-order valence-electron chi connectivity index (χ4n) is 2.08. The third kappa shape index (κ3) is 3.52. The highest BCUT2D eigenvalue weighted by Gasteiger charge is 2.15. The number of halogens is 2. The summed E-state index contributed by atoms with van der Waals surface area (Å²) >= 11 is 6.03. The molecule has 0 atom stereocenters. The number of benzene rings is 2. The Hall–Kier alpha value is -2.07. The summed E-state index contributed by atoms with van der Waals surface area (Å²) in [6.07, 6.45) is 0. The molecule has 0 saturated carbocycles. The number of methoxy groups -OCH3 is 1. The molecule has 0 bridgehead atoms. The lowest BCUT2D eigenvalue weighted by atomic mass is 10.1. The molecule has 0 heterocycles. The normalized spacial score (nSPS) is 10.3. The fraction of sp³-hybridized carbons (Fsp3) is 0.188. The highest BCUT2D eigenvalue weighted by molar-refractivity contribution is 6.31. The van der Waals surface area contributed by atoms with Gasteiger partial charge in [-0.1, -0.05) is 29.8 Å². The van der Waals surface area contributed by atoms with E-state index in [0.717, 1.165) is 11.3 Å². The number of hydrogen-bond donors (Lipinski definition) is 0. The van der Waals surface area contributed by atoms with Crippen molar-refractivity contribution >= 4 is 23.3 Å². The van der Waals surface area contributed by atoms with Crippen molar-refractivity contribution in [1.29, 1.82) is 0 Å². The number of anilines is 1. The summed E-state index contributed by atoms with van der Waals surface area (Å²) in [5, 5.41) is 0.359. The molecule has 0 radical (unpaired) electrons. The average Bonchev–Trinajstić information content (AvgIpc) is 2.49. The molecule has 2 rings (SSSR count). The van der Waals surface area contributed by atoms with Gasteiger partial charge in [-0.15, -0.1) is 0 Å². The van der Waals surface area contributed by atoms with E-state index >= 15 is 0 Å².